The van der Waals surface area contributed by atoms with Crippen LogP contribution in [0.25, 0.3) is 0 Å². The summed E-state index contributed by atoms with van der Waals surface area (Å²) in [5.41, 5.74) is 0.985. The molecule has 1 aliphatic rings. The van der Waals surface area contributed by atoms with Crippen LogP contribution >= 0.6 is 0 Å². The fraction of sp³-hybridized carbons (Fsp3) is 0.375. The molecule has 2 atom stereocenters. The first-order chi connectivity index (χ1) is 11.8. The zero-order valence-electron chi connectivity index (χ0n) is 14.0. The van der Waals surface area contributed by atoms with Crippen molar-refractivity contribution >= 4 is 11.7 Å². The SMILES string of the molecule is COc1ccc([C@@H]2c3cnn(C(C)C)c3NC(=O)[C@H]2[N+](=O)[O-])cc1O. The van der Waals surface area contributed by atoms with Gasteiger partial charge in [-0.15, -0.1) is 0 Å². The van der Waals surface area contributed by atoms with Crippen molar-refractivity contribution in [3.05, 3.63) is 45.6 Å². The molecule has 0 saturated carbocycles. The highest BCUT2D eigenvalue weighted by Gasteiger charge is 2.47. The van der Waals surface area contributed by atoms with E-state index in [9.17, 15) is 20.0 Å². The van der Waals surface area contributed by atoms with Crippen LogP contribution in [0.4, 0.5) is 5.82 Å². The van der Waals surface area contributed by atoms with Gasteiger partial charge in [-0.05, 0) is 31.5 Å². The Balaban J connectivity index is 2.19. The Morgan fingerprint density at radius 3 is 2.72 bits per heavy atom. The number of anilines is 1. The van der Waals surface area contributed by atoms with Crippen molar-refractivity contribution in [2.45, 2.75) is 31.8 Å². The fourth-order valence-corrected chi connectivity index (χ4v) is 3.12. The quantitative estimate of drug-likeness (QED) is 0.644. The number of rotatable bonds is 4. The maximum absolute atomic E-state index is 12.4. The second-order valence-corrected chi connectivity index (χ2v) is 6.12. The number of benzene rings is 1. The van der Waals surface area contributed by atoms with Crippen molar-refractivity contribution < 1.29 is 19.6 Å². The van der Waals surface area contributed by atoms with Crippen molar-refractivity contribution in [2.24, 2.45) is 0 Å². The number of hydrogen-bond acceptors (Lipinski definition) is 6. The summed E-state index contributed by atoms with van der Waals surface area (Å²) in [7, 11) is 1.41. The van der Waals surface area contributed by atoms with Crippen LogP contribution in [0.1, 0.15) is 36.9 Å². The molecule has 1 aromatic heterocycles. The van der Waals surface area contributed by atoms with E-state index in [1.54, 1.807) is 10.7 Å². The van der Waals surface area contributed by atoms with E-state index in [0.717, 1.165) is 0 Å². The predicted octanol–water partition coefficient (Wildman–Crippen LogP) is 1.91. The number of ether oxygens (including phenoxy) is 1. The lowest BCUT2D eigenvalue weighted by Gasteiger charge is -2.27. The Morgan fingerprint density at radius 1 is 1.44 bits per heavy atom. The number of aromatic hydroxyl groups is 1. The van der Waals surface area contributed by atoms with E-state index in [1.807, 2.05) is 13.8 Å². The molecule has 2 aromatic rings. The molecule has 9 heteroatoms. The van der Waals surface area contributed by atoms with E-state index in [1.165, 1.54) is 25.4 Å². The lowest BCUT2D eigenvalue weighted by atomic mass is 9.83. The molecule has 0 fully saturated rings. The zero-order chi connectivity index (χ0) is 18.3. The average Bonchev–Trinajstić information content (AvgIpc) is 2.96. The number of carbonyl (C=O) groups excluding carboxylic acids is 1. The molecule has 1 aliphatic heterocycles. The summed E-state index contributed by atoms with van der Waals surface area (Å²) in [5.74, 6) is -1.02. The van der Waals surface area contributed by atoms with E-state index < -0.39 is 22.8 Å². The summed E-state index contributed by atoms with van der Waals surface area (Å²) in [6, 6.07) is 2.97. The minimum atomic E-state index is -1.51. The molecular weight excluding hydrogens is 328 g/mol. The van der Waals surface area contributed by atoms with Crippen molar-refractivity contribution in [1.82, 2.24) is 9.78 Å². The van der Waals surface area contributed by atoms with Crippen molar-refractivity contribution in [3.8, 4) is 11.5 Å². The van der Waals surface area contributed by atoms with Gasteiger partial charge in [0.25, 0.3) is 0 Å². The fourth-order valence-electron chi connectivity index (χ4n) is 3.12. The van der Waals surface area contributed by atoms with E-state index in [2.05, 4.69) is 10.4 Å². The second-order valence-electron chi connectivity index (χ2n) is 6.12. The molecule has 1 aromatic carbocycles. The second kappa shape index (κ2) is 6.08. The first kappa shape index (κ1) is 16.7. The maximum atomic E-state index is 12.4. The molecule has 0 spiro atoms. The first-order valence-electron chi connectivity index (χ1n) is 7.73. The van der Waals surface area contributed by atoms with Crippen LogP contribution in [0.3, 0.4) is 0 Å². The normalized spacial score (nSPS) is 19.4. The highest BCUT2D eigenvalue weighted by atomic mass is 16.6. The van der Waals surface area contributed by atoms with Crippen molar-refractivity contribution in [2.75, 3.05) is 12.4 Å². The standard InChI is InChI=1S/C16H18N4O5/c1-8(2)19-15-10(7-17-19)13(14(20(23)24)16(22)18-15)9-4-5-12(25-3)11(21)6-9/h4-8,13-14,21H,1-3H3,(H,18,22)/t13-,14+/m1/s1. The van der Waals surface area contributed by atoms with Gasteiger partial charge in [0.05, 0.1) is 19.2 Å². The molecule has 25 heavy (non-hydrogen) atoms. The molecule has 2 N–H and O–H groups in total. The van der Waals surface area contributed by atoms with Gasteiger partial charge >= 0.3 is 11.9 Å². The van der Waals surface area contributed by atoms with Crippen LogP contribution in [0.5, 0.6) is 11.5 Å². The largest absolute Gasteiger partial charge is 0.504 e. The van der Waals surface area contributed by atoms with Crippen LogP contribution in [-0.4, -0.2) is 38.9 Å². The summed E-state index contributed by atoms with van der Waals surface area (Å²) < 4.78 is 6.62. The number of nitro groups is 1. The number of nitrogens with one attached hydrogen (secondary N) is 1. The molecule has 0 unspecified atom stereocenters. The van der Waals surface area contributed by atoms with Crippen LogP contribution < -0.4 is 10.1 Å². The number of phenolic OH excluding ortho intramolecular Hbond substituents is 1. The third kappa shape index (κ3) is 2.67. The van der Waals surface area contributed by atoms with Gasteiger partial charge < -0.3 is 15.2 Å². The molecule has 3 rings (SSSR count). The summed E-state index contributed by atoms with van der Waals surface area (Å²) >= 11 is 0. The monoisotopic (exact) mass is 346 g/mol. The number of amides is 1. The third-order valence-corrected chi connectivity index (χ3v) is 4.26. The topological polar surface area (TPSA) is 120 Å². The van der Waals surface area contributed by atoms with Crippen LogP contribution in [0, 0.1) is 10.1 Å². The van der Waals surface area contributed by atoms with E-state index in [-0.39, 0.29) is 17.5 Å². The highest BCUT2D eigenvalue weighted by molar-refractivity contribution is 5.98. The predicted molar refractivity (Wildman–Crippen MR) is 88.5 cm³/mol. The third-order valence-electron chi connectivity index (χ3n) is 4.26. The summed E-state index contributed by atoms with van der Waals surface area (Å²) in [6.45, 7) is 3.79. The number of hydrogen-bond donors (Lipinski definition) is 2. The number of phenols is 1. The number of nitrogens with zero attached hydrogens (tertiary/aromatic N) is 3. The van der Waals surface area contributed by atoms with Gasteiger partial charge in [-0.3, -0.25) is 14.9 Å². The number of aromatic nitrogens is 2. The molecular formula is C16H18N4O5. The zero-order valence-corrected chi connectivity index (χ0v) is 14.0. The lowest BCUT2D eigenvalue weighted by molar-refractivity contribution is -0.509. The molecule has 132 valence electrons. The highest BCUT2D eigenvalue weighted by Crippen LogP contribution is 2.41. The maximum Gasteiger partial charge on any atom is 0.301 e. The van der Waals surface area contributed by atoms with Gasteiger partial charge in [-0.2, -0.15) is 5.10 Å². The van der Waals surface area contributed by atoms with Gasteiger partial charge in [0.2, 0.25) is 0 Å². The number of carbonyl (C=O) groups is 1. The molecule has 9 nitrogen and oxygen atoms in total. The van der Waals surface area contributed by atoms with Gasteiger partial charge in [-0.1, -0.05) is 6.07 Å². The van der Waals surface area contributed by atoms with Crippen LogP contribution in [-0.2, 0) is 4.79 Å². The Morgan fingerprint density at radius 2 is 2.16 bits per heavy atom. The molecule has 1 amide bonds. The summed E-state index contributed by atoms with van der Waals surface area (Å²) in [4.78, 5) is 23.3. The Labute approximate surface area is 143 Å². The Hall–Kier alpha value is -3.10. The molecule has 0 radical (unpaired) electrons. The minimum Gasteiger partial charge on any atom is -0.504 e. The van der Waals surface area contributed by atoms with Crippen LogP contribution in [0.2, 0.25) is 0 Å². The molecule has 0 saturated heterocycles. The van der Waals surface area contributed by atoms with Gasteiger partial charge in [0.1, 0.15) is 5.82 Å². The van der Waals surface area contributed by atoms with E-state index in [0.29, 0.717) is 16.9 Å². The Bertz CT molecular complexity index is 845. The molecule has 2 heterocycles. The van der Waals surface area contributed by atoms with Crippen LogP contribution in [0.15, 0.2) is 24.4 Å². The Kier molecular flexibility index (Phi) is 4.07. The summed E-state index contributed by atoms with van der Waals surface area (Å²) in [5, 5.41) is 28.4. The first-order valence-corrected chi connectivity index (χ1v) is 7.73. The van der Waals surface area contributed by atoms with Gasteiger partial charge in [-0.25, -0.2) is 4.68 Å². The smallest absolute Gasteiger partial charge is 0.301 e. The minimum absolute atomic E-state index is 0.0267. The number of methoxy groups -OCH3 is 1. The summed E-state index contributed by atoms with van der Waals surface area (Å²) in [6.07, 6.45) is 1.53. The lowest BCUT2D eigenvalue weighted by Crippen LogP contribution is -2.44. The average molecular weight is 346 g/mol. The van der Waals surface area contributed by atoms with E-state index in [4.69, 9.17) is 4.74 Å². The van der Waals surface area contributed by atoms with Crippen molar-refractivity contribution in [3.63, 3.8) is 0 Å². The molecule has 0 aliphatic carbocycles. The molecule has 0 bridgehead atoms. The van der Waals surface area contributed by atoms with Gasteiger partial charge in [0, 0.05) is 16.5 Å². The van der Waals surface area contributed by atoms with Gasteiger partial charge in [0.15, 0.2) is 11.5 Å². The van der Waals surface area contributed by atoms with E-state index >= 15 is 0 Å². The van der Waals surface area contributed by atoms with Crippen molar-refractivity contribution in [1.29, 1.82) is 0 Å². The number of fused-ring (bicyclic) bond motifs is 1.